The molecule has 1 amide bonds. The van der Waals surface area contributed by atoms with Crippen molar-refractivity contribution in [3.63, 3.8) is 0 Å². The number of aromatic nitrogens is 2. The maximum absolute atomic E-state index is 13.2. The molecular weight excluding hydrogens is 429 g/mol. The van der Waals surface area contributed by atoms with Crippen molar-refractivity contribution >= 4 is 17.2 Å². The summed E-state index contributed by atoms with van der Waals surface area (Å²) in [6.07, 6.45) is -4.54. The van der Waals surface area contributed by atoms with Gasteiger partial charge in [-0.1, -0.05) is 6.07 Å². The van der Waals surface area contributed by atoms with E-state index in [-0.39, 0.29) is 5.91 Å². The Kier molecular flexibility index (Phi) is 6.40. The van der Waals surface area contributed by atoms with Gasteiger partial charge in [0.05, 0.1) is 29.5 Å². The summed E-state index contributed by atoms with van der Waals surface area (Å²) in [6.45, 7) is 4.35. The van der Waals surface area contributed by atoms with Crippen LogP contribution in [0.2, 0.25) is 0 Å². The lowest BCUT2D eigenvalue weighted by molar-refractivity contribution is -0.141. The lowest BCUT2D eigenvalue weighted by Crippen LogP contribution is -2.41. The molecule has 3 aromatic rings. The molecule has 1 aromatic carbocycles. The van der Waals surface area contributed by atoms with Gasteiger partial charge in [0.25, 0.3) is 5.91 Å². The molecule has 4 rings (SSSR count). The van der Waals surface area contributed by atoms with Gasteiger partial charge >= 0.3 is 6.18 Å². The number of nitrogens with zero attached hydrogens (tertiary/aromatic N) is 3. The summed E-state index contributed by atoms with van der Waals surface area (Å²) in [5, 5.41) is 8.43. The minimum absolute atomic E-state index is 0.227. The number of hydrogen-bond acceptors (Lipinski definition) is 5. The van der Waals surface area contributed by atoms with E-state index < -0.39 is 11.9 Å². The van der Waals surface area contributed by atoms with E-state index in [0.29, 0.717) is 41.6 Å². The van der Waals surface area contributed by atoms with Crippen LogP contribution in [0.4, 0.5) is 13.2 Å². The van der Waals surface area contributed by atoms with Crippen LogP contribution in [-0.2, 0) is 10.9 Å². The molecule has 1 aliphatic rings. The number of carbonyl (C=O) groups excluding carboxylic acids is 1. The van der Waals surface area contributed by atoms with E-state index >= 15 is 0 Å². The highest BCUT2D eigenvalue weighted by atomic mass is 32.1. The number of morpholine rings is 1. The van der Waals surface area contributed by atoms with Crippen LogP contribution in [-0.4, -0.2) is 60.0 Å². The highest BCUT2D eigenvalue weighted by Gasteiger charge is 2.35. The second-order valence-electron chi connectivity index (χ2n) is 7.06. The predicted molar refractivity (Wildman–Crippen MR) is 111 cm³/mol. The summed E-state index contributed by atoms with van der Waals surface area (Å²) in [7, 11) is 0. The van der Waals surface area contributed by atoms with Crippen LogP contribution in [0.1, 0.15) is 16.1 Å². The molecule has 31 heavy (non-hydrogen) atoms. The molecule has 1 saturated heterocycles. The topological polar surface area (TPSA) is 59.4 Å². The molecule has 2 aromatic heterocycles. The van der Waals surface area contributed by atoms with Gasteiger partial charge in [-0.05, 0) is 41.8 Å². The third-order valence-electron chi connectivity index (χ3n) is 4.96. The zero-order valence-electron chi connectivity index (χ0n) is 16.6. The first-order valence-corrected chi connectivity index (χ1v) is 10.7. The normalized spacial score (nSPS) is 15.2. The molecule has 0 spiro atoms. The number of nitrogens with one attached hydrogen (secondary N) is 1. The van der Waals surface area contributed by atoms with Gasteiger partial charge in [-0.15, -0.1) is 11.3 Å². The largest absolute Gasteiger partial charge is 0.435 e. The van der Waals surface area contributed by atoms with E-state index in [9.17, 15) is 18.0 Å². The molecule has 0 bridgehead atoms. The molecule has 1 fully saturated rings. The number of rotatable bonds is 6. The number of carbonyl (C=O) groups is 1. The summed E-state index contributed by atoms with van der Waals surface area (Å²) in [6, 6.07) is 10.9. The number of hydrogen-bond donors (Lipinski definition) is 1. The molecule has 0 aliphatic carbocycles. The summed E-state index contributed by atoms with van der Waals surface area (Å²) < 4.78 is 46.2. The number of ether oxygens (including phenoxy) is 1. The fourth-order valence-corrected chi connectivity index (χ4v) is 4.05. The van der Waals surface area contributed by atoms with Crippen LogP contribution in [0.3, 0.4) is 0 Å². The predicted octanol–water partition coefficient (Wildman–Crippen LogP) is 3.68. The molecule has 0 atom stereocenters. The third-order valence-corrected chi connectivity index (χ3v) is 5.86. The Morgan fingerprint density at radius 2 is 1.90 bits per heavy atom. The molecule has 164 valence electrons. The van der Waals surface area contributed by atoms with Gasteiger partial charge in [-0.3, -0.25) is 9.69 Å². The number of benzene rings is 1. The first-order chi connectivity index (χ1) is 14.9. The van der Waals surface area contributed by atoms with E-state index in [1.165, 1.54) is 16.0 Å². The highest BCUT2D eigenvalue weighted by molar-refractivity contribution is 7.13. The van der Waals surface area contributed by atoms with E-state index in [1.807, 2.05) is 0 Å². The Balaban J connectivity index is 1.47. The molecule has 1 aliphatic heterocycles. The zero-order valence-corrected chi connectivity index (χ0v) is 17.4. The zero-order chi connectivity index (χ0) is 21.8. The number of halogens is 3. The summed E-state index contributed by atoms with van der Waals surface area (Å²) >= 11 is 1.33. The number of amides is 1. The van der Waals surface area contributed by atoms with Crippen LogP contribution in [0.15, 0.2) is 47.8 Å². The fourth-order valence-electron chi connectivity index (χ4n) is 3.32. The van der Waals surface area contributed by atoms with Crippen LogP contribution in [0.5, 0.6) is 0 Å². The van der Waals surface area contributed by atoms with Crippen molar-refractivity contribution in [1.82, 2.24) is 20.0 Å². The van der Waals surface area contributed by atoms with Gasteiger partial charge in [0.1, 0.15) is 0 Å². The molecule has 0 saturated carbocycles. The lowest BCUT2D eigenvalue weighted by Gasteiger charge is -2.26. The molecule has 1 N–H and O–H groups in total. The Labute approximate surface area is 181 Å². The van der Waals surface area contributed by atoms with Gasteiger partial charge in [0, 0.05) is 31.7 Å². The average molecular weight is 450 g/mol. The quantitative estimate of drug-likeness (QED) is 0.623. The summed E-state index contributed by atoms with van der Waals surface area (Å²) in [5.74, 6) is -0.227. The van der Waals surface area contributed by atoms with Gasteiger partial charge in [-0.25, -0.2) is 4.68 Å². The maximum atomic E-state index is 13.2. The molecule has 6 nitrogen and oxygen atoms in total. The second-order valence-corrected chi connectivity index (χ2v) is 8.01. The maximum Gasteiger partial charge on any atom is 0.435 e. The van der Waals surface area contributed by atoms with Gasteiger partial charge < -0.3 is 10.1 Å². The van der Waals surface area contributed by atoms with E-state index in [0.717, 1.165) is 25.7 Å². The fraction of sp³-hybridized carbons (Fsp3) is 0.333. The molecule has 10 heteroatoms. The first-order valence-electron chi connectivity index (χ1n) is 9.82. The van der Waals surface area contributed by atoms with Crippen LogP contribution < -0.4 is 5.32 Å². The SMILES string of the molecule is O=C(NCCN1CCOCC1)c1ccc(-n2nc(C(F)(F)F)cc2-c2cccs2)cc1. The van der Waals surface area contributed by atoms with Crippen molar-refractivity contribution < 1.29 is 22.7 Å². The highest BCUT2D eigenvalue weighted by Crippen LogP contribution is 2.34. The molecule has 3 heterocycles. The minimum atomic E-state index is -4.54. The smallest absolute Gasteiger partial charge is 0.379 e. The van der Waals surface area contributed by atoms with Crippen molar-refractivity contribution in [2.45, 2.75) is 6.18 Å². The van der Waals surface area contributed by atoms with Crippen molar-refractivity contribution in [2.24, 2.45) is 0 Å². The van der Waals surface area contributed by atoms with Gasteiger partial charge in [-0.2, -0.15) is 18.3 Å². The van der Waals surface area contributed by atoms with Crippen LogP contribution in [0, 0.1) is 0 Å². The van der Waals surface area contributed by atoms with Gasteiger partial charge in [0.2, 0.25) is 0 Å². The van der Waals surface area contributed by atoms with E-state index in [2.05, 4.69) is 15.3 Å². The van der Waals surface area contributed by atoms with Crippen molar-refractivity contribution in [1.29, 1.82) is 0 Å². The van der Waals surface area contributed by atoms with Gasteiger partial charge in [0.15, 0.2) is 5.69 Å². The Morgan fingerprint density at radius 3 is 2.55 bits per heavy atom. The average Bonchev–Trinajstić information content (AvgIpc) is 3.44. The third kappa shape index (κ3) is 5.15. The Morgan fingerprint density at radius 1 is 1.16 bits per heavy atom. The summed E-state index contributed by atoms with van der Waals surface area (Å²) in [4.78, 5) is 15.3. The Hall–Kier alpha value is -2.69. The lowest BCUT2D eigenvalue weighted by atomic mass is 10.2. The monoisotopic (exact) mass is 450 g/mol. The van der Waals surface area contributed by atoms with Crippen LogP contribution >= 0.6 is 11.3 Å². The van der Waals surface area contributed by atoms with Crippen molar-refractivity contribution in [2.75, 3.05) is 39.4 Å². The van der Waals surface area contributed by atoms with Crippen LogP contribution in [0.25, 0.3) is 16.3 Å². The van der Waals surface area contributed by atoms with E-state index in [4.69, 9.17) is 4.74 Å². The first kappa shape index (κ1) is 21.5. The number of thiophene rings is 1. The molecule has 0 radical (unpaired) electrons. The molecular formula is C21H21F3N4O2S. The minimum Gasteiger partial charge on any atom is -0.379 e. The molecule has 0 unspecified atom stereocenters. The number of alkyl halides is 3. The second kappa shape index (κ2) is 9.21. The summed E-state index contributed by atoms with van der Waals surface area (Å²) in [5.41, 5.74) is 0.279. The van der Waals surface area contributed by atoms with E-state index in [1.54, 1.807) is 41.8 Å². The van der Waals surface area contributed by atoms with Crippen molar-refractivity contribution in [3.8, 4) is 16.3 Å². The Bertz CT molecular complexity index is 1010. The standard InChI is InChI=1S/C21H21F3N4O2S/c22-21(23,24)19-14-17(18-2-1-13-31-18)28(26-19)16-5-3-15(4-6-16)20(29)25-7-8-27-9-11-30-12-10-27/h1-6,13-14H,7-12H2,(H,25,29). The van der Waals surface area contributed by atoms with Crippen molar-refractivity contribution in [3.05, 3.63) is 59.1 Å².